The molecule has 3 atom stereocenters. The summed E-state index contributed by atoms with van der Waals surface area (Å²) in [7, 11) is 0. The fourth-order valence-electron chi connectivity index (χ4n) is 7.99. The molecule has 0 bridgehead atoms. The van der Waals surface area contributed by atoms with Crippen molar-refractivity contribution >= 4 is 81.4 Å². The molecule has 3 aromatic carbocycles. The molecule has 1 aromatic heterocycles. The number of cyclic esters (lactones) is 1. The molecule has 1 saturated carbocycles. The number of ether oxygens (including phenoxy) is 5. The van der Waals surface area contributed by atoms with Crippen LogP contribution in [0, 0.1) is 0 Å². The van der Waals surface area contributed by atoms with E-state index in [1.54, 1.807) is 90.1 Å². The number of carbonyl (C=O) groups is 8. The molecule has 0 spiro atoms. The summed E-state index contributed by atoms with van der Waals surface area (Å²) in [5.41, 5.74) is -6.55. The molecule has 0 radical (unpaired) electrons. The van der Waals surface area contributed by atoms with Crippen LogP contribution in [0.4, 0.5) is 9.93 Å². The quantitative estimate of drug-likeness (QED) is 0.0550. The molecule has 24 heteroatoms. The lowest BCUT2D eigenvalue weighted by Crippen LogP contribution is -2.57. The summed E-state index contributed by atoms with van der Waals surface area (Å²) < 4.78 is 28.8. The molecular weight excluding hydrogens is 972 g/mol. The van der Waals surface area contributed by atoms with Crippen LogP contribution in [0.5, 0.6) is 11.5 Å². The van der Waals surface area contributed by atoms with Gasteiger partial charge in [-0.2, -0.15) is 5.06 Å². The highest BCUT2D eigenvalue weighted by Crippen LogP contribution is 2.50. The number of aliphatic carboxylic acids is 1. The Morgan fingerprint density at radius 3 is 1.93 bits per heavy atom. The van der Waals surface area contributed by atoms with Crippen LogP contribution >= 0.6 is 22.9 Å². The van der Waals surface area contributed by atoms with E-state index in [1.165, 1.54) is 12.1 Å². The molecule has 1 unspecified atom stereocenters. The maximum atomic E-state index is 14.1. The first-order valence-corrected chi connectivity index (χ1v) is 23.1. The molecule has 370 valence electrons. The summed E-state index contributed by atoms with van der Waals surface area (Å²) in [5, 5.41) is 19.4. The van der Waals surface area contributed by atoms with Crippen molar-refractivity contribution in [2.75, 3.05) is 11.9 Å². The van der Waals surface area contributed by atoms with Gasteiger partial charge in [-0.1, -0.05) is 88.8 Å². The highest BCUT2D eigenvalue weighted by atomic mass is 35.5. The van der Waals surface area contributed by atoms with E-state index in [1.807, 2.05) is 12.1 Å². The van der Waals surface area contributed by atoms with Gasteiger partial charge in [0.15, 0.2) is 22.3 Å². The largest absolute Gasteiger partial charge is 0.477 e. The molecule has 9 rings (SSSR count). The number of thiazole rings is 1. The molecule has 5 heterocycles. The maximum absolute atomic E-state index is 14.1. The second-order valence-corrected chi connectivity index (χ2v) is 20.5. The van der Waals surface area contributed by atoms with E-state index in [0.717, 1.165) is 0 Å². The minimum atomic E-state index is -2.96. The van der Waals surface area contributed by atoms with Gasteiger partial charge in [0, 0.05) is 24.0 Å². The summed E-state index contributed by atoms with van der Waals surface area (Å²) >= 11 is 7.22. The number of halogens is 1. The van der Waals surface area contributed by atoms with Gasteiger partial charge in [-0.25, -0.2) is 24.2 Å². The summed E-state index contributed by atoms with van der Waals surface area (Å²) in [6.45, 7) is 9.09. The summed E-state index contributed by atoms with van der Waals surface area (Å²) in [6.07, 6.45) is -1.58. The molecule has 1 aliphatic carbocycles. The Morgan fingerprint density at radius 2 is 1.41 bits per heavy atom. The molecule has 4 aliphatic heterocycles. The number of nitrogens with one attached hydrogen (secondary N) is 2. The number of carboxylic acid groups (broad SMARTS) is 1. The van der Waals surface area contributed by atoms with E-state index in [9.17, 15) is 43.5 Å². The lowest BCUT2D eigenvalue weighted by molar-refractivity contribution is -0.256. The van der Waals surface area contributed by atoms with Crippen molar-refractivity contribution in [3.63, 3.8) is 0 Å². The topological polar surface area (TPSA) is 277 Å². The summed E-state index contributed by atoms with van der Waals surface area (Å²) in [4.78, 5) is 125. The number of carbonyl (C=O) groups excluding carboxylic acids is 7. The van der Waals surface area contributed by atoms with E-state index in [0.29, 0.717) is 27.4 Å². The molecular formula is C47H43ClN6O16S. The Morgan fingerprint density at radius 1 is 0.845 bits per heavy atom. The van der Waals surface area contributed by atoms with E-state index in [-0.39, 0.29) is 55.7 Å². The lowest BCUT2D eigenvalue weighted by atomic mass is 9.97. The number of oxime groups is 1. The molecule has 3 fully saturated rings. The van der Waals surface area contributed by atoms with Gasteiger partial charge in [0.1, 0.15) is 39.9 Å². The molecule has 71 heavy (non-hydrogen) atoms. The van der Waals surface area contributed by atoms with Gasteiger partial charge in [0.2, 0.25) is 5.60 Å². The number of esters is 2. The zero-order chi connectivity index (χ0) is 51.0. The van der Waals surface area contributed by atoms with Gasteiger partial charge >= 0.3 is 35.5 Å². The third-order valence-corrected chi connectivity index (χ3v) is 12.5. The van der Waals surface area contributed by atoms with Crippen LogP contribution in [-0.4, -0.2) is 115 Å². The number of hydroxylamine groups is 2. The normalized spacial score (nSPS) is 21.9. The lowest BCUT2D eigenvalue weighted by Gasteiger charge is -2.30. The molecule has 5 aliphatic rings. The fourth-order valence-corrected chi connectivity index (χ4v) is 9.02. The monoisotopic (exact) mass is 1010 g/mol. The predicted octanol–water partition coefficient (Wildman–Crippen LogP) is 5.06. The Kier molecular flexibility index (Phi) is 11.8. The highest BCUT2D eigenvalue weighted by Gasteiger charge is 2.65. The summed E-state index contributed by atoms with van der Waals surface area (Å²) in [5.74, 6) is -9.78. The molecule has 4 aromatic rings. The SMILES string of the molecule is CC(C)(C)OC(=O)Nc1nc(/C(=N/OC2(C(=O)OC(C)(C)C)CC2)C(=O)N[C@H]2CON(C3(C(=O)O)C[C@H](N4C(=O)c5cc6c(cc5C4=O)OC(c4ccccc4)(c4ccccc4)O6)C(=O)O3)C2=O)c(Cl)s1. The zero-order valence-corrected chi connectivity index (χ0v) is 40.1. The minimum Gasteiger partial charge on any atom is -0.477 e. The third kappa shape index (κ3) is 8.84. The average Bonchev–Trinajstić information content (AvgIpc) is 3.51. The van der Waals surface area contributed by atoms with Crippen LogP contribution in [-0.2, 0) is 53.6 Å². The van der Waals surface area contributed by atoms with Crippen LogP contribution in [0.2, 0.25) is 4.34 Å². The predicted molar refractivity (Wildman–Crippen MR) is 244 cm³/mol. The molecule has 5 amide bonds. The first-order chi connectivity index (χ1) is 33.4. The minimum absolute atomic E-state index is 0.0994. The Labute approximate surface area is 412 Å². The van der Waals surface area contributed by atoms with Crippen molar-refractivity contribution < 1.29 is 76.8 Å². The molecule has 2 saturated heterocycles. The highest BCUT2D eigenvalue weighted by molar-refractivity contribution is 7.20. The Hall–Kier alpha value is -7.63. The van der Waals surface area contributed by atoms with Crippen LogP contribution in [0.3, 0.4) is 0 Å². The number of anilines is 1. The van der Waals surface area contributed by atoms with E-state index < -0.39 is 107 Å². The van der Waals surface area contributed by atoms with Gasteiger partial charge in [-0.05, 0) is 53.7 Å². The number of carboxylic acids is 1. The van der Waals surface area contributed by atoms with Gasteiger partial charge in [0.25, 0.3) is 23.6 Å². The van der Waals surface area contributed by atoms with Crippen molar-refractivity contribution in [2.24, 2.45) is 5.16 Å². The molecule has 3 N–H and O–H groups in total. The number of amides is 5. The van der Waals surface area contributed by atoms with E-state index in [2.05, 4.69) is 20.8 Å². The van der Waals surface area contributed by atoms with Crippen LogP contribution in [0.15, 0.2) is 78.0 Å². The van der Waals surface area contributed by atoms with E-state index >= 15 is 0 Å². The fraction of sp³-hybridized carbons (Fsp3) is 0.362. The number of rotatable bonds is 12. The smallest absolute Gasteiger partial charge is 0.413 e. The number of nitrogens with zero attached hydrogens (tertiary/aromatic N) is 4. The second kappa shape index (κ2) is 17.3. The standard InChI is InChI=1S/C47H43ClN6O16S/c1-43(2,3)68-40(62)45(17-18-45)70-52-32(31-33(48)71-41(50-31)51-42(63)69-44(4,5)6)34(55)49-27-22-64-54(37(27)58)46(39(60)61)21-28(38(59)67-46)53-35(56)25-19-29-30(20-26(25)36(53)57)66-47(65-29,23-13-9-7-10-14-23)24-15-11-8-12-16-24/h7-16,19-20,27-28H,17-18,21-22H2,1-6H3,(H,49,55)(H,60,61)(H,50,51,63)/b52-32-/t27-,28-,46?/m0/s1. The average molecular weight is 1020 g/mol. The second-order valence-electron chi connectivity index (χ2n) is 18.9. The number of hydrogen-bond donors (Lipinski definition) is 3. The summed E-state index contributed by atoms with van der Waals surface area (Å²) in [6, 6.07) is 17.0. The number of fused-ring (bicyclic) bond motifs is 2. The van der Waals surface area contributed by atoms with Gasteiger partial charge in [-0.3, -0.25) is 34.2 Å². The third-order valence-electron chi connectivity index (χ3n) is 11.4. The van der Waals surface area contributed by atoms with Crippen molar-refractivity contribution in [1.29, 1.82) is 0 Å². The van der Waals surface area contributed by atoms with Gasteiger partial charge in [-0.15, -0.1) is 0 Å². The number of hydrogen-bond acceptors (Lipinski definition) is 18. The number of benzene rings is 3. The van der Waals surface area contributed by atoms with Gasteiger partial charge in [0.05, 0.1) is 17.5 Å². The van der Waals surface area contributed by atoms with Crippen LogP contribution in [0.1, 0.15) is 98.3 Å². The zero-order valence-electron chi connectivity index (χ0n) is 38.6. The first kappa shape index (κ1) is 48.4. The Bertz CT molecular complexity index is 2880. The van der Waals surface area contributed by atoms with Crippen molar-refractivity contribution in [3.8, 4) is 11.5 Å². The Balaban J connectivity index is 0.940. The first-order valence-electron chi connectivity index (χ1n) is 21.9. The maximum Gasteiger partial charge on any atom is 0.413 e. The van der Waals surface area contributed by atoms with Crippen molar-refractivity contribution in [2.45, 2.75) is 101 Å². The number of aromatic nitrogens is 1. The van der Waals surface area contributed by atoms with Crippen molar-refractivity contribution in [3.05, 3.63) is 105 Å². The number of imide groups is 1. The van der Waals surface area contributed by atoms with Crippen LogP contribution in [0.25, 0.3) is 0 Å². The van der Waals surface area contributed by atoms with Crippen molar-refractivity contribution in [1.82, 2.24) is 20.3 Å². The van der Waals surface area contributed by atoms with E-state index in [4.69, 9.17) is 45.0 Å². The molecule has 22 nitrogen and oxygen atoms in total. The van der Waals surface area contributed by atoms with Crippen LogP contribution < -0.4 is 20.1 Å². The van der Waals surface area contributed by atoms with Gasteiger partial charge < -0.3 is 38.9 Å².